The lowest BCUT2D eigenvalue weighted by Crippen LogP contribution is -2.26. The molecule has 1 aromatic heterocycles. The summed E-state index contributed by atoms with van der Waals surface area (Å²) < 4.78 is 0. The Kier molecular flexibility index (Phi) is 4.18. The maximum atomic E-state index is 4.28. The summed E-state index contributed by atoms with van der Waals surface area (Å²) in [6, 6.07) is 2.56. The van der Waals surface area contributed by atoms with Crippen molar-refractivity contribution in [1.29, 1.82) is 0 Å². The van der Waals surface area contributed by atoms with E-state index in [0.29, 0.717) is 6.04 Å². The van der Waals surface area contributed by atoms with Crippen molar-refractivity contribution in [2.45, 2.75) is 45.6 Å². The molecule has 0 aliphatic heterocycles. The van der Waals surface area contributed by atoms with E-state index in [0.717, 1.165) is 24.1 Å². The zero-order chi connectivity index (χ0) is 12.1. The van der Waals surface area contributed by atoms with Crippen LogP contribution in [0.25, 0.3) is 0 Å². The number of anilines is 2. The van der Waals surface area contributed by atoms with Gasteiger partial charge in [-0.25, -0.2) is 9.97 Å². The fraction of sp³-hybridized carbons (Fsp3) is 0.692. The third kappa shape index (κ3) is 3.58. The summed E-state index contributed by atoms with van der Waals surface area (Å²) in [6.45, 7) is 5.28. The summed E-state index contributed by atoms with van der Waals surface area (Å²) in [5, 5.41) is 6.72. The Bertz CT molecular complexity index is 353. The van der Waals surface area contributed by atoms with Crippen LogP contribution in [0.15, 0.2) is 12.4 Å². The maximum absolute atomic E-state index is 4.28. The minimum absolute atomic E-state index is 0.572. The van der Waals surface area contributed by atoms with Crippen LogP contribution in [0.2, 0.25) is 0 Å². The molecule has 0 radical (unpaired) electrons. The van der Waals surface area contributed by atoms with E-state index in [9.17, 15) is 0 Å². The smallest absolute Gasteiger partial charge is 0.131 e. The normalized spacial score (nSPS) is 24.4. The molecule has 0 bridgehead atoms. The first kappa shape index (κ1) is 12.1. The molecule has 0 amide bonds. The fourth-order valence-electron chi connectivity index (χ4n) is 2.49. The molecule has 2 atom stereocenters. The van der Waals surface area contributed by atoms with Crippen LogP contribution in [-0.2, 0) is 0 Å². The minimum Gasteiger partial charge on any atom is -0.370 e. The first-order chi connectivity index (χ1) is 8.28. The SMILES string of the molecule is CCNc1cc(NC2CCCC(C)C2)ncn1. The van der Waals surface area contributed by atoms with Gasteiger partial charge in [-0.2, -0.15) is 0 Å². The van der Waals surface area contributed by atoms with Crippen molar-refractivity contribution in [3.63, 3.8) is 0 Å². The Morgan fingerprint density at radius 1 is 1.29 bits per heavy atom. The Morgan fingerprint density at radius 3 is 2.88 bits per heavy atom. The summed E-state index contributed by atoms with van der Waals surface area (Å²) in [5.74, 6) is 2.67. The summed E-state index contributed by atoms with van der Waals surface area (Å²) in [6.07, 6.45) is 6.81. The van der Waals surface area contributed by atoms with Crippen LogP contribution >= 0.6 is 0 Å². The second kappa shape index (κ2) is 5.84. The van der Waals surface area contributed by atoms with Crippen LogP contribution in [0, 0.1) is 5.92 Å². The van der Waals surface area contributed by atoms with Crippen molar-refractivity contribution in [3.8, 4) is 0 Å². The van der Waals surface area contributed by atoms with E-state index in [1.165, 1.54) is 25.7 Å². The van der Waals surface area contributed by atoms with Crippen molar-refractivity contribution >= 4 is 11.6 Å². The van der Waals surface area contributed by atoms with E-state index in [1.807, 2.05) is 6.07 Å². The lowest BCUT2D eigenvalue weighted by Gasteiger charge is -2.27. The van der Waals surface area contributed by atoms with Crippen molar-refractivity contribution < 1.29 is 0 Å². The van der Waals surface area contributed by atoms with Crippen molar-refractivity contribution in [1.82, 2.24) is 9.97 Å². The van der Waals surface area contributed by atoms with E-state index in [4.69, 9.17) is 0 Å². The van der Waals surface area contributed by atoms with Crippen molar-refractivity contribution in [2.24, 2.45) is 5.92 Å². The molecule has 4 heteroatoms. The molecular formula is C13H22N4. The minimum atomic E-state index is 0.572. The van der Waals surface area contributed by atoms with Crippen LogP contribution in [-0.4, -0.2) is 22.6 Å². The van der Waals surface area contributed by atoms with E-state index in [2.05, 4.69) is 34.4 Å². The molecule has 0 saturated heterocycles. The quantitative estimate of drug-likeness (QED) is 0.841. The van der Waals surface area contributed by atoms with E-state index < -0.39 is 0 Å². The highest BCUT2D eigenvalue weighted by Crippen LogP contribution is 2.25. The summed E-state index contributed by atoms with van der Waals surface area (Å²) in [7, 11) is 0. The Hall–Kier alpha value is -1.32. The van der Waals surface area contributed by atoms with Gasteiger partial charge in [0.05, 0.1) is 0 Å². The van der Waals surface area contributed by atoms with Gasteiger partial charge in [0.1, 0.15) is 18.0 Å². The van der Waals surface area contributed by atoms with E-state index >= 15 is 0 Å². The van der Waals surface area contributed by atoms with Crippen LogP contribution in [0.1, 0.15) is 39.5 Å². The first-order valence-electron chi connectivity index (χ1n) is 6.60. The number of nitrogens with zero attached hydrogens (tertiary/aromatic N) is 2. The zero-order valence-corrected chi connectivity index (χ0v) is 10.7. The van der Waals surface area contributed by atoms with Gasteiger partial charge in [-0.1, -0.05) is 19.8 Å². The Balaban J connectivity index is 1.95. The molecular weight excluding hydrogens is 212 g/mol. The number of aromatic nitrogens is 2. The van der Waals surface area contributed by atoms with Crippen LogP contribution in [0.4, 0.5) is 11.6 Å². The molecule has 0 spiro atoms. The highest BCUT2D eigenvalue weighted by molar-refractivity contribution is 5.46. The monoisotopic (exact) mass is 234 g/mol. The molecule has 1 aliphatic carbocycles. The van der Waals surface area contributed by atoms with E-state index in [1.54, 1.807) is 6.33 Å². The van der Waals surface area contributed by atoms with Gasteiger partial charge in [-0.3, -0.25) is 0 Å². The predicted octanol–water partition coefficient (Wildman–Crippen LogP) is 2.90. The molecule has 4 nitrogen and oxygen atoms in total. The van der Waals surface area contributed by atoms with Gasteiger partial charge in [0.25, 0.3) is 0 Å². The first-order valence-corrected chi connectivity index (χ1v) is 6.60. The van der Waals surface area contributed by atoms with Gasteiger partial charge in [0.15, 0.2) is 0 Å². The Labute approximate surface area is 103 Å². The highest BCUT2D eigenvalue weighted by atomic mass is 15.1. The lowest BCUT2D eigenvalue weighted by atomic mass is 9.87. The number of hydrogen-bond acceptors (Lipinski definition) is 4. The average molecular weight is 234 g/mol. The standard InChI is InChI=1S/C13H22N4/c1-3-14-12-8-13(16-9-15-12)17-11-6-4-5-10(2)7-11/h8-11H,3-7H2,1-2H3,(H2,14,15,16,17). The fourth-order valence-corrected chi connectivity index (χ4v) is 2.49. The molecule has 0 aromatic carbocycles. The molecule has 1 fully saturated rings. The van der Waals surface area contributed by atoms with Gasteiger partial charge < -0.3 is 10.6 Å². The average Bonchev–Trinajstić information content (AvgIpc) is 2.30. The lowest BCUT2D eigenvalue weighted by molar-refractivity contribution is 0.358. The molecule has 1 aliphatic rings. The second-order valence-corrected chi connectivity index (χ2v) is 4.93. The molecule has 2 rings (SSSR count). The van der Waals surface area contributed by atoms with Gasteiger partial charge in [-0.05, 0) is 25.7 Å². The summed E-state index contributed by atoms with van der Waals surface area (Å²) in [5.41, 5.74) is 0. The number of hydrogen-bond donors (Lipinski definition) is 2. The Morgan fingerprint density at radius 2 is 2.12 bits per heavy atom. The van der Waals surface area contributed by atoms with Crippen LogP contribution < -0.4 is 10.6 Å². The van der Waals surface area contributed by atoms with E-state index in [-0.39, 0.29) is 0 Å². The molecule has 1 heterocycles. The maximum Gasteiger partial charge on any atom is 0.131 e. The van der Waals surface area contributed by atoms with Crippen LogP contribution in [0.5, 0.6) is 0 Å². The van der Waals surface area contributed by atoms with Gasteiger partial charge in [-0.15, -0.1) is 0 Å². The largest absolute Gasteiger partial charge is 0.370 e. The van der Waals surface area contributed by atoms with Crippen molar-refractivity contribution in [3.05, 3.63) is 12.4 Å². The summed E-state index contributed by atoms with van der Waals surface area (Å²) >= 11 is 0. The zero-order valence-electron chi connectivity index (χ0n) is 10.7. The topological polar surface area (TPSA) is 49.8 Å². The summed E-state index contributed by atoms with van der Waals surface area (Å²) in [4.78, 5) is 8.45. The van der Waals surface area contributed by atoms with Crippen molar-refractivity contribution in [2.75, 3.05) is 17.2 Å². The van der Waals surface area contributed by atoms with Crippen LogP contribution in [0.3, 0.4) is 0 Å². The molecule has 2 N–H and O–H groups in total. The molecule has 2 unspecified atom stereocenters. The third-order valence-electron chi connectivity index (χ3n) is 3.31. The number of rotatable bonds is 4. The third-order valence-corrected chi connectivity index (χ3v) is 3.31. The van der Waals surface area contributed by atoms with Gasteiger partial charge in [0.2, 0.25) is 0 Å². The molecule has 94 valence electrons. The number of nitrogens with one attached hydrogen (secondary N) is 2. The second-order valence-electron chi connectivity index (χ2n) is 4.93. The van der Waals surface area contributed by atoms with Gasteiger partial charge >= 0.3 is 0 Å². The molecule has 17 heavy (non-hydrogen) atoms. The molecule has 1 saturated carbocycles. The highest BCUT2D eigenvalue weighted by Gasteiger charge is 2.18. The molecule has 1 aromatic rings. The predicted molar refractivity (Wildman–Crippen MR) is 71.2 cm³/mol. The van der Waals surface area contributed by atoms with Gasteiger partial charge in [0, 0.05) is 18.7 Å².